The first-order chi connectivity index (χ1) is 15.8. The van der Waals surface area contributed by atoms with E-state index in [0.29, 0.717) is 48.7 Å². The van der Waals surface area contributed by atoms with Gasteiger partial charge < -0.3 is 24.2 Å². The SMILES string of the molecule is O=C(COC(=O)Cc1noc2ccccc12)Nc1cc(C(F)(F)F)ccc1N1CCOCC1. The molecular formula is C22H20F3N3O5. The molecule has 33 heavy (non-hydrogen) atoms. The summed E-state index contributed by atoms with van der Waals surface area (Å²) in [5, 5.41) is 6.91. The number of morpholine rings is 1. The fourth-order valence-electron chi connectivity index (χ4n) is 3.48. The van der Waals surface area contributed by atoms with Gasteiger partial charge in [0.15, 0.2) is 12.2 Å². The van der Waals surface area contributed by atoms with Gasteiger partial charge in [0.25, 0.3) is 5.91 Å². The van der Waals surface area contributed by atoms with Gasteiger partial charge in [-0.05, 0) is 30.3 Å². The number of esters is 1. The van der Waals surface area contributed by atoms with Crippen LogP contribution in [0.25, 0.3) is 11.0 Å². The topological polar surface area (TPSA) is 93.9 Å². The molecule has 0 unspecified atom stereocenters. The zero-order chi connectivity index (χ0) is 23.4. The lowest BCUT2D eigenvalue weighted by Crippen LogP contribution is -2.37. The fraction of sp³-hybridized carbons (Fsp3) is 0.318. The van der Waals surface area contributed by atoms with E-state index in [2.05, 4.69) is 10.5 Å². The molecule has 11 heteroatoms. The van der Waals surface area contributed by atoms with E-state index in [9.17, 15) is 22.8 Å². The van der Waals surface area contributed by atoms with Gasteiger partial charge in [0.05, 0.1) is 36.6 Å². The first-order valence-electron chi connectivity index (χ1n) is 10.1. The molecule has 8 nitrogen and oxygen atoms in total. The number of alkyl halides is 3. The number of halogens is 3. The molecule has 1 aromatic heterocycles. The third-order valence-corrected chi connectivity index (χ3v) is 5.08. The van der Waals surface area contributed by atoms with Gasteiger partial charge >= 0.3 is 12.1 Å². The van der Waals surface area contributed by atoms with Crippen molar-refractivity contribution in [1.29, 1.82) is 0 Å². The molecule has 0 radical (unpaired) electrons. The third-order valence-electron chi connectivity index (χ3n) is 5.08. The maximum atomic E-state index is 13.2. The van der Waals surface area contributed by atoms with Crippen molar-refractivity contribution in [2.24, 2.45) is 0 Å². The number of nitrogens with one attached hydrogen (secondary N) is 1. The van der Waals surface area contributed by atoms with Crippen LogP contribution in [-0.4, -0.2) is 49.9 Å². The summed E-state index contributed by atoms with van der Waals surface area (Å²) in [5.41, 5.74) is 0.391. The Balaban J connectivity index is 1.41. The molecule has 0 spiro atoms. The van der Waals surface area contributed by atoms with Crippen LogP contribution in [0.3, 0.4) is 0 Å². The summed E-state index contributed by atoms with van der Waals surface area (Å²) >= 11 is 0. The van der Waals surface area contributed by atoms with Crippen LogP contribution in [0, 0.1) is 0 Å². The average Bonchev–Trinajstić information content (AvgIpc) is 3.20. The van der Waals surface area contributed by atoms with E-state index in [4.69, 9.17) is 14.0 Å². The number of hydrogen-bond donors (Lipinski definition) is 1. The Morgan fingerprint density at radius 1 is 1.12 bits per heavy atom. The van der Waals surface area contributed by atoms with Crippen LogP contribution in [0.2, 0.25) is 0 Å². The summed E-state index contributed by atoms with van der Waals surface area (Å²) < 4.78 is 55.0. The zero-order valence-corrected chi connectivity index (χ0v) is 17.4. The molecule has 174 valence electrons. The summed E-state index contributed by atoms with van der Waals surface area (Å²) in [6.07, 6.45) is -4.79. The van der Waals surface area contributed by atoms with Crippen LogP contribution in [0.4, 0.5) is 24.5 Å². The predicted molar refractivity (Wildman–Crippen MR) is 112 cm³/mol. The minimum absolute atomic E-state index is 0.0183. The van der Waals surface area contributed by atoms with Crippen LogP contribution in [0.5, 0.6) is 0 Å². The van der Waals surface area contributed by atoms with E-state index < -0.39 is 30.2 Å². The highest BCUT2D eigenvalue weighted by atomic mass is 19.4. The minimum atomic E-state index is -4.57. The van der Waals surface area contributed by atoms with Crippen molar-refractivity contribution in [2.75, 3.05) is 43.1 Å². The van der Waals surface area contributed by atoms with E-state index in [-0.39, 0.29) is 12.1 Å². The number of carbonyl (C=O) groups is 2. The van der Waals surface area contributed by atoms with Crippen LogP contribution in [-0.2, 0) is 31.7 Å². The second-order valence-corrected chi connectivity index (χ2v) is 7.34. The lowest BCUT2D eigenvalue weighted by Gasteiger charge is -2.31. The van der Waals surface area contributed by atoms with Crippen molar-refractivity contribution in [2.45, 2.75) is 12.6 Å². The summed E-state index contributed by atoms with van der Waals surface area (Å²) in [6.45, 7) is 1.11. The van der Waals surface area contributed by atoms with Crippen LogP contribution < -0.4 is 10.2 Å². The van der Waals surface area contributed by atoms with Gasteiger partial charge in [-0.25, -0.2) is 0 Å². The predicted octanol–water partition coefficient (Wildman–Crippen LogP) is 3.41. The lowest BCUT2D eigenvalue weighted by molar-refractivity contribution is -0.146. The van der Waals surface area contributed by atoms with Gasteiger partial charge in [0.2, 0.25) is 0 Å². The summed E-state index contributed by atoms with van der Waals surface area (Å²) in [4.78, 5) is 26.4. The molecule has 1 saturated heterocycles. The molecule has 0 aliphatic carbocycles. The van der Waals surface area contributed by atoms with E-state index in [1.54, 1.807) is 24.3 Å². The normalized spacial score (nSPS) is 14.3. The molecule has 1 N–H and O–H groups in total. The summed E-state index contributed by atoms with van der Waals surface area (Å²) in [6, 6.07) is 10.1. The van der Waals surface area contributed by atoms with Gasteiger partial charge in [-0.1, -0.05) is 17.3 Å². The van der Waals surface area contributed by atoms with E-state index in [1.165, 1.54) is 6.07 Å². The van der Waals surface area contributed by atoms with Crippen molar-refractivity contribution < 1.29 is 36.8 Å². The molecular weight excluding hydrogens is 443 g/mol. The number of anilines is 2. The number of amides is 1. The number of nitrogens with zero attached hydrogens (tertiary/aromatic N) is 2. The fourth-order valence-corrected chi connectivity index (χ4v) is 3.48. The van der Waals surface area contributed by atoms with Gasteiger partial charge in [0.1, 0.15) is 5.69 Å². The number of aromatic nitrogens is 1. The Bertz CT molecular complexity index is 1160. The molecule has 2 aromatic carbocycles. The zero-order valence-electron chi connectivity index (χ0n) is 17.4. The van der Waals surface area contributed by atoms with Crippen LogP contribution >= 0.6 is 0 Å². The smallest absolute Gasteiger partial charge is 0.416 e. The molecule has 1 aliphatic heterocycles. The molecule has 3 aromatic rings. The van der Waals surface area contributed by atoms with Gasteiger partial charge in [-0.3, -0.25) is 9.59 Å². The van der Waals surface area contributed by atoms with Crippen LogP contribution in [0.1, 0.15) is 11.3 Å². The molecule has 1 fully saturated rings. The molecule has 0 atom stereocenters. The monoisotopic (exact) mass is 463 g/mol. The Morgan fingerprint density at radius 3 is 2.64 bits per heavy atom. The molecule has 2 heterocycles. The van der Waals surface area contributed by atoms with Crippen molar-refractivity contribution in [3.05, 3.63) is 53.7 Å². The van der Waals surface area contributed by atoms with Gasteiger partial charge in [-0.2, -0.15) is 13.2 Å². The van der Waals surface area contributed by atoms with E-state index in [0.717, 1.165) is 12.1 Å². The van der Waals surface area contributed by atoms with Crippen molar-refractivity contribution >= 4 is 34.2 Å². The summed E-state index contributed by atoms with van der Waals surface area (Å²) in [5.74, 6) is -1.48. The number of rotatable bonds is 6. The standard InChI is InChI=1S/C22H20F3N3O5/c23-22(24,25)14-5-6-18(28-7-9-31-10-8-28)17(11-14)26-20(29)13-32-21(30)12-16-15-3-1-2-4-19(15)33-27-16/h1-6,11H,7-10,12-13H2,(H,26,29). The summed E-state index contributed by atoms with van der Waals surface area (Å²) in [7, 11) is 0. The Hall–Kier alpha value is -3.60. The molecule has 1 aliphatic rings. The Kier molecular flexibility index (Phi) is 6.50. The highest BCUT2D eigenvalue weighted by Crippen LogP contribution is 2.35. The van der Waals surface area contributed by atoms with Crippen molar-refractivity contribution in [1.82, 2.24) is 5.16 Å². The third kappa shape index (κ3) is 5.43. The second-order valence-electron chi connectivity index (χ2n) is 7.34. The molecule has 0 saturated carbocycles. The van der Waals surface area contributed by atoms with Gasteiger partial charge in [0, 0.05) is 18.5 Å². The first kappa shape index (κ1) is 22.6. The number of fused-ring (bicyclic) bond motifs is 1. The quantitative estimate of drug-likeness (QED) is 0.560. The van der Waals surface area contributed by atoms with E-state index in [1.807, 2.05) is 4.90 Å². The molecule has 4 rings (SSSR count). The number of para-hydroxylation sites is 1. The Labute approximate surface area is 186 Å². The number of benzene rings is 2. The number of carbonyl (C=O) groups excluding carboxylic acids is 2. The van der Waals surface area contributed by atoms with Crippen molar-refractivity contribution in [3.63, 3.8) is 0 Å². The van der Waals surface area contributed by atoms with Crippen molar-refractivity contribution in [3.8, 4) is 0 Å². The highest BCUT2D eigenvalue weighted by Gasteiger charge is 2.32. The number of hydrogen-bond acceptors (Lipinski definition) is 7. The maximum absolute atomic E-state index is 13.2. The first-order valence-corrected chi connectivity index (χ1v) is 10.1. The van der Waals surface area contributed by atoms with E-state index >= 15 is 0 Å². The van der Waals surface area contributed by atoms with Crippen LogP contribution in [0.15, 0.2) is 47.0 Å². The molecule has 1 amide bonds. The number of ether oxygens (including phenoxy) is 2. The second kappa shape index (κ2) is 9.49. The highest BCUT2D eigenvalue weighted by molar-refractivity contribution is 5.96. The Morgan fingerprint density at radius 2 is 1.88 bits per heavy atom. The maximum Gasteiger partial charge on any atom is 0.416 e. The lowest BCUT2D eigenvalue weighted by atomic mass is 10.1. The molecule has 0 bridgehead atoms. The largest absolute Gasteiger partial charge is 0.455 e. The average molecular weight is 463 g/mol. The van der Waals surface area contributed by atoms with Gasteiger partial charge in [-0.15, -0.1) is 0 Å². The minimum Gasteiger partial charge on any atom is -0.455 e.